The molecule has 0 bridgehead atoms. The monoisotopic (exact) mass is 407 g/mol. The molecule has 1 aromatic carbocycles. The normalized spacial score (nSPS) is 28.6. The third kappa shape index (κ3) is 4.58. The van der Waals surface area contributed by atoms with Gasteiger partial charge in [0.05, 0.1) is 10.9 Å². The molecule has 1 saturated carbocycles. The number of hydrogen-bond acceptors (Lipinski definition) is 4. The smallest absolute Gasteiger partial charge is 0.243 e. The Labute approximate surface area is 169 Å². The standard InChI is InChI=1S/C21H33N3O3S/c1-16-8-7-11-20(17(16)2)22-21(25)18(3)23-12-14-24(15-13-23)28(26,27)19-9-5-4-6-10-19/h4-6,9-10,16-18,20H,7-8,11-15H2,1-3H3,(H,22,25)/t16-,17-,18-,20-/m1/s1. The Morgan fingerprint density at radius 3 is 2.36 bits per heavy atom. The molecule has 1 amide bonds. The van der Waals surface area contributed by atoms with E-state index in [0.29, 0.717) is 42.9 Å². The van der Waals surface area contributed by atoms with Crippen molar-refractivity contribution in [3.8, 4) is 0 Å². The van der Waals surface area contributed by atoms with E-state index in [1.807, 2.05) is 13.0 Å². The second kappa shape index (κ2) is 8.93. The molecule has 6 nitrogen and oxygen atoms in total. The van der Waals surface area contributed by atoms with Gasteiger partial charge in [0.2, 0.25) is 15.9 Å². The molecule has 1 heterocycles. The van der Waals surface area contributed by atoms with E-state index < -0.39 is 10.0 Å². The maximum atomic E-state index is 12.8. The van der Waals surface area contributed by atoms with Crippen LogP contribution < -0.4 is 5.32 Å². The van der Waals surface area contributed by atoms with Crippen molar-refractivity contribution in [3.63, 3.8) is 0 Å². The first-order valence-electron chi connectivity index (χ1n) is 10.4. The minimum Gasteiger partial charge on any atom is -0.352 e. The molecule has 4 atom stereocenters. The molecule has 1 N–H and O–H groups in total. The van der Waals surface area contributed by atoms with Crippen molar-refractivity contribution in [1.29, 1.82) is 0 Å². The van der Waals surface area contributed by atoms with Gasteiger partial charge in [-0.3, -0.25) is 9.69 Å². The zero-order valence-corrected chi connectivity index (χ0v) is 18.0. The van der Waals surface area contributed by atoms with Crippen LogP contribution in [-0.2, 0) is 14.8 Å². The van der Waals surface area contributed by atoms with Crippen molar-refractivity contribution < 1.29 is 13.2 Å². The van der Waals surface area contributed by atoms with Crippen LogP contribution in [0.4, 0.5) is 0 Å². The quantitative estimate of drug-likeness (QED) is 0.813. The summed E-state index contributed by atoms with van der Waals surface area (Å²) < 4.78 is 27.0. The van der Waals surface area contributed by atoms with Crippen molar-refractivity contribution in [2.45, 2.75) is 57.0 Å². The Morgan fingerprint density at radius 2 is 1.71 bits per heavy atom. The fraction of sp³-hybridized carbons (Fsp3) is 0.667. The number of rotatable bonds is 5. The molecular weight excluding hydrogens is 374 g/mol. The van der Waals surface area contributed by atoms with Gasteiger partial charge in [-0.1, -0.05) is 44.9 Å². The molecule has 1 saturated heterocycles. The van der Waals surface area contributed by atoms with Gasteiger partial charge in [-0.15, -0.1) is 0 Å². The lowest BCUT2D eigenvalue weighted by molar-refractivity contribution is -0.127. The van der Waals surface area contributed by atoms with E-state index in [9.17, 15) is 13.2 Å². The second-order valence-corrected chi connectivity index (χ2v) is 10.2. The zero-order valence-electron chi connectivity index (χ0n) is 17.2. The van der Waals surface area contributed by atoms with E-state index in [2.05, 4.69) is 24.1 Å². The molecule has 28 heavy (non-hydrogen) atoms. The van der Waals surface area contributed by atoms with E-state index >= 15 is 0 Å². The van der Waals surface area contributed by atoms with Crippen LogP contribution in [-0.4, -0.2) is 61.8 Å². The SMILES string of the molecule is C[C@@H]1[C@H](C)CCC[C@H]1NC(=O)[C@@H](C)N1CCN(S(=O)(=O)c2ccccc2)CC1. The first kappa shape index (κ1) is 21.3. The van der Waals surface area contributed by atoms with E-state index in [4.69, 9.17) is 0 Å². The first-order chi connectivity index (χ1) is 13.3. The van der Waals surface area contributed by atoms with Gasteiger partial charge in [-0.2, -0.15) is 4.31 Å². The number of carbonyl (C=O) groups is 1. The van der Waals surface area contributed by atoms with Gasteiger partial charge in [-0.25, -0.2) is 8.42 Å². The molecule has 7 heteroatoms. The second-order valence-electron chi connectivity index (χ2n) is 8.31. The third-order valence-corrected chi connectivity index (χ3v) is 8.53. The number of hydrogen-bond donors (Lipinski definition) is 1. The van der Waals surface area contributed by atoms with E-state index in [-0.39, 0.29) is 18.0 Å². The number of carbonyl (C=O) groups excluding carboxylic acids is 1. The summed E-state index contributed by atoms with van der Waals surface area (Å²) in [5, 5.41) is 3.25. The first-order valence-corrected chi connectivity index (χ1v) is 11.8. The number of nitrogens with one attached hydrogen (secondary N) is 1. The largest absolute Gasteiger partial charge is 0.352 e. The minimum absolute atomic E-state index is 0.0605. The minimum atomic E-state index is -3.46. The van der Waals surface area contributed by atoms with E-state index in [0.717, 1.165) is 6.42 Å². The molecule has 1 aliphatic heterocycles. The molecule has 0 radical (unpaired) electrons. The van der Waals surface area contributed by atoms with Gasteiger partial charge >= 0.3 is 0 Å². The summed E-state index contributed by atoms with van der Waals surface area (Å²) in [6.07, 6.45) is 3.45. The van der Waals surface area contributed by atoms with Crippen LogP contribution in [0.1, 0.15) is 40.0 Å². The van der Waals surface area contributed by atoms with Gasteiger partial charge in [0, 0.05) is 32.2 Å². The average molecular weight is 408 g/mol. The fourth-order valence-corrected chi connectivity index (χ4v) is 5.77. The van der Waals surface area contributed by atoms with Crippen molar-refractivity contribution in [1.82, 2.24) is 14.5 Å². The maximum Gasteiger partial charge on any atom is 0.243 e. The van der Waals surface area contributed by atoms with Crippen molar-refractivity contribution in [2.75, 3.05) is 26.2 Å². The average Bonchev–Trinajstić information content (AvgIpc) is 2.71. The summed E-state index contributed by atoms with van der Waals surface area (Å²) in [7, 11) is -3.46. The van der Waals surface area contributed by atoms with Gasteiger partial charge in [0.15, 0.2) is 0 Å². The topological polar surface area (TPSA) is 69.7 Å². The summed E-state index contributed by atoms with van der Waals surface area (Å²) in [6.45, 7) is 8.37. The molecule has 0 aromatic heterocycles. The molecule has 1 aliphatic carbocycles. The van der Waals surface area contributed by atoms with Gasteiger partial charge < -0.3 is 5.32 Å². The number of amides is 1. The Balaban J connectivity index is 1.55. The van der Waals surface area contributed by atoms with Crippen LogP contribution in [0.15, 0.2) is 35.2 Å². The van der Waals surface area contributed by atoms with Gasteiger partial charge in [-0.05, 0) is 37.3 Å². The zero-order chi connectivity index (χ0) is 20.3. The predicted molar refractivity (Wildman–Crippen MR) is 110 cm³/mol. The predicted octanol–water partition coefficient (Wildman–Crippen LogP) is 2.32. The number of sulfonamides is 1. The Bertz CT molecular complexity index is 760. The molecular formula is C21H33N3O3S. The molecule has 3 rings (SSSR count). The Kier molecular flexibility index (Phi) is 6.78. The Morgan fingerprint density at radius 1 is 1.07 bits per heavy atom. The lowest BCUT2D eigenvalue weighted by atomic mass is 9.78. The highest BCUT2D eigenvalue weighted by Gasteiger charge is 2.34. The summed E-state index contributed by atoms with van der Waals surface area (Å²) in [5.74, 6) is 1.20. The fourth-order valence-electron chi connectivity index (χ4n) is 4.33. The molecule has 2 aliphatic rings. The third-order valence-electron chi connectivity index (χ3n) is 6.62. The number of benzene rings is 1. The van der Waals surface area contributed by atoms with Crippen LogP contribution in [0.3, 0.4) is 0 Å². The van der Waals surface area contributed by atoms with Crippen LogP contribution in [0.5, 0.6) is 0 Å². The van der Waals surface area contributed by atoms with Crippen molar-refractivity contribution in [3.05, 3.63) is 30.3 Å². The van der Waals surface area contributed by atoms with Crippen LogP contribution in [0.2, 0.25) is 0 Å². The summed E-state index contributed by atoms with van der Waals surface area (Å²) in [5.41, 5.74) is 0. The summed E-state index contributed by atoms with van der Waals surface area (Å²) in [6, 6.07) is 8.55. The molecule has 0 unspecified atom stereocenters. The van der Waals surface area contributed by atoms with Crippen molar-refractivity contribution >= 4 is 15.9 Å². The Hall–Kier alpha value is -1.44. The molecule has 2 fully saturated rings. The van der Waals surface area contributed by atoms with Crippen molar-refractivity contribution in [2.24, 2.45) is 11.8 Å². The summed E-state index contributed by atoms with van der Waals surface area (Å²) >= 11 is 0. The van der Waals surface area contributed by atoms with Gasteiger partial charge in [0.25, 0.3) is 0 Å². The lowest BCUT2D eigenvalue weighted by Gasteiger charge is -2.39. The lowest BCUT2D eigenvalue weighted by Crippen LogP contribution is -2.56. The van der Waals surface area contributed by atoms with E-state index in [1.54, 1.807) is 24.3 Å². The highest BCUT2D eigenvalue weighted by molar-refractivity contribution is 7.89. The van der Waals surface area contributed by atoms with Crippen LogP contribution >= 0.6 is 0 Å². The molecule has 0 spiro atoms. The van der Waals surface area contributed by atoms with E-state index in [1.165, 1.54) is 17.1 Å². The number of piperazine rings is 1. The maximum absolute atomic E-state index is 12.8. The highest BCUT2D eigenvalue weighted by Crippen LogP contribution is 2.29. The molecule has 156 valence electrons. The number of nitrogens with zero attached hydrogens (tertiary/aromatic N) is 2. The van der Waals surface area contributed by atoms with Gasteiger partial charge in [0.1, 0.15) is 0 Å². The van der Waals surface area contributed by atoms with Crippen LogP contribution in [0.25, 0.3) is 0 Å². The highest BCUT2D eigenvalue weighted by atomic mass is 32.2. The van der Waals surface area contributed by atoms with Crippen LogP contribution in [0, 0.1) is 11.8 Å². The summed E-state index contributed by atoms with van der Waals surface area (Å²) in [4.78, 5) is 15.2. The molecule has 1 aromatic rings.